The average molecular weight is 494 g/mol. The number of halogens is 3. The van der Waals surface area contributed by atoms with Crippen molar-refractivity contribution in [2.75, 3.05) is 0 Å². The van der Waals surface area contributed by atoms with E-state index in [0.29, 0.717) is 11.6 Å². The first-order valence-corrected chi connectivity index (χ1v) is 9.96. The number of nitrogens with zero attached hydrogens (tertiary/aromatic N) is 1. The number of rotatable bonds is 5. The molecule has 3 rings (SSSR count). The molecule has 0 heterocycles. The van der Waals surface area contributed by atoms with E-state index in [1.807, 2.05) is 73.8 Å². The number of para-hydroxylation sites is 1. The van der Waals surface area contributed by atoms with Gasteiger partial charge in [-0.3, -0.25) is 4.99 Å². The fourth-order valence-electron chi connectivity index (χ4n) is 2.41. The largest absolute Gasteiger partial charge is 0.486 e. The predicted molar refractivity (Wildman–Crippen MR) is 116 cm³/mol. The molecule has 0 amide bonds. The van der Waals surface area contributed by atoms with Gasteiger partial charge in [0.25, 0.3) is 0 Å². The summed E-state index contributed by atoms with van der Waals surface area (Å²) in [7, 11) is 0. The number of ether oxygens (including phenoxy) is 1. The number of hydrogen-bond acceptors (Lipinski definition) is 2. The molecule has 0 aliphatic heterocycles. The lowest BCUT2D eigenvalue weighted by atomic mass is 10.2. The highest BCUT2D eigenvalue weighted by Gasteiger charge is 2.10. The maximum absolute atomic E-state index is 6.19. The summed E-state index contributed by atoms with van der Waals surface area (Å²) in [6.07, 6.45) is 1.84. The second kappa shape index (κ2) is 8.85. The minimum atomic E-state index is 0.396. The summed E-state index contributed by atoms with van der Waals surface area (Å²) < 4.78 is 7.65. The van der Waals surface area contributed by atoms with Crippen LogP contribution in [-0.2, 0) is 6.61 Å². The van der Waals surface area contributed by atoms with E-state index >= 15 is 0 Å². The highest BCUT2D eigenvalue weighted by atomic mass is 79.9. The molecule has 0 fully saturated rings. The molecule has 0 radical (unpaired) electrons. The zero-order chi connectivity index (χ0) is 18.5. The molecule has 0 N–H and O–H groups in total. The van der Waals surface area contributed by atoms with E-state index in [1.165, 1.54) is 0 Å². The molecule has 0 aliphatic carbocycles. The highest BCUT2D eigenvalue weighted by molar-refractivity contribution is 9.11. The second-order valence-electron chi connectivity index (χ2n) is 5.74. The fraction of sp³-hybridized carbons (Fsp3) is 0.0952. The Morgan fingerprint density at radius 1 is 1.00 bits per heavy atom. The summed E-state index contributed by atoms with van der Waals surface area (Å²) in [6, 6.07) is 19.6. The van der Waals surface area contributed by atoms with Crippen molar-refractivity contribution in [3.05, 3.63) is 91.3 Å². The third-order valence-corrected chi connectivity index (χ3v) is 5.37. The lowest BCUT2D eigenvalue weighted by molar-refractivity contribution is 0.302. The third kappa shape index (κ3) is 4.76. The molecule has 5 heteroatoms. The van der Waals surface area contributed by atoms with Crippen LogP contribution in [0.4, 0.5) is 5.69 Å². The van der Waals surface area contributed by atoms with Gasteiger partial charge in [0.1, 0.15) is 12.4 Å². The van der Waals surface area contributed by atoms with Crippen LogP contribution in [0.2, 0.25) is 5.02 Å². The van der Waals surface area contributed by atoms with Gasteiger partial charge in [-0.05, 0) is 74.2 Å². The second-order valence-corrected chi connectivity index (χ2v) is 7.85. The summed E-state index contributed by atoms with van der Waals surface area (Å²) in [5.74, 6) is 0.734. The van der Waals surface area contributed by atoms with Crippen LogP contribution in [0.15, 0.2) is 74.6 Å². The number of aliphatic imine (C=N–C) groups is 1. The molecule has 26 heavy (non-hydrogen) atoms. The normalized spacial score (nSPS) is 11.1. The topological polar surface area (TPSA) is 21.6 Å². The molecule has 132 valence electrons. The predicted octanol–water partition coefficient (Wildman–Crippen LogP) is 7.50. The highest BCUT2D eigenvalue weighted by Crippen LogP contribution is 2.35. The molecule has 0 spiro atoms. The Morgan fingerprint density at radius 2 is 1.65 bits per heavy atom. The van der Waals surface area contributed by atoms with Gasteiger partial charge in [-0.1, -0.05) is 48.0 Å². The van der Waals surface area contributed by atoms with E-state index in [0.717, 1.165) is 37.1 Å². The SMILES string of the molecule is Cc1ccccc1N=Cc1cc(Br)c(OCc2ccccc2Cl)c(Br)c1. The Hall–Kier alpha value is -1.62. The number of hydrogen-bond donors (Lipinski definition) is 0. The fourth-order valence-corrected chi connectivity index (χ4v) is 4.05. The van der Waals surface area contributed by atoms with Gasteiger partial charge in [-0.15, -0.1) is 0 Å². The molecular formula is C21H16Br2ClNO. The van der Waals surface area contributed by atoms with Gasteiger partial charge in [0.05, 0.1) is 14.6 Å². The van der Waals surface area contributed by atoms with Crippen molar-refractivity contribution in [1.29, 1.82) is 0 Å². The standard InChI is InChI=1S/C21H16Br2ClNO/c1-14-6-2-5-9-20(14)25-12-15-10-17(22)21(18(23)11-15)26-13-16-7-3-4-8-19(16)24/h2-12H,13H2,1H3. The quantitative estimate of drug-likeness (QED) is 0.337. The molecule has 2 nitrogen and oxygen atoms in total. The Balaban J connectivity index is 1.78. The van der Waals surface area contributed by atoms with Gasteiger partial charge in [-0.25, -0.2) is 0 Å². The summed E-state index contributed by atoms with van der Waals surface area (Å²) in [5, 5.41) is 0.696. The van der Waals surface area contributed by atoms with E-state index in [4.69, 9.17) is 16.3 Å². The number of aryl methyl sites for hydroxylation is 1. The first-order valence-electron chi connectivity index (χ1n) is 7.99. The van der Waals surface area contributed by atoms with E-state index < -0.39 is 0 Å². The van der Waals surface area contributed by atoms with Crippen LogP contribution in [0.25, 0.3) is 0 Å². The third-order valence-electron chi connectivity index (χ3n) is 3.82. The van der Waals surface area contributed by atoms with Crippen molar-refractivity contribution in [3.8, 4) is 5.75 Å². The lowest BCUT2D eigenvalue weighted by Crippen LogP contribution is -1.98. The van der Waals surface area contributed by atoms with Crippen LogP contribution in [0, 0.1) is 6.92 Å². The summed E-state index contributed by atoms with van der Waals surface area (Å²) >= 11 is 13.3. The van der Waals surface area contributed by atoms with E-state index in [2.05, 4.69) is 36.9 Å². The molecule has 0 atom stereocenters. The Labute approximate surface area is 175 Å². The minimum Gasteiger partial charge on any atom is -0.486 e. The maximum Gasteiger partial charge on any atom is 0.148 e. The zero-order valence-electron chi connectivity index (χ0n) is 14.0. The molecule has 0 bridgehead atoms. The summed E-state index contributed by atoms with van der Waals surface area (Å²) in [5.41, 5.74) is 4.01. The van der Waals surface area contributed by atoms with Crippen molar-refractivity contribution in [1.82, 2.24) is 0 Å². The molecular weight excluding hydrogens is 477 g/mol. The van der Waals surface area contributed by atoms with Crippen molar-refractivity contribution in [2.24, 2.45) is 4.99 Å². The molecule has 0 saturated carbocycles. The lowest BCUT2D eigenvalue weighted by Gasteiger charge is -2.12. The van der Waals surface area contributed by atoms with E-state index in [1.54, 1.807) is 0 Å². The average Bonchev–Trinajstić information content (AvgIpc) is 2.62. The van der Waals surface area contributed by atoms with E-state index in [-0.39, 0.29) is 0 Å². The first kappa shape index (κ1) is 19.2. The van der Waals surface area contributed by atoms with Crippen LogP contribution in [0.5, 0.6) is 5.75 Å². The van der Waals surface area contributed by atoms with Gasteiger partial charge in [0.2, 0.25) is 0 Å². The Morgan fingerprint density at radius 3 is 2.35 bits per heavy atom. The van der Waals surface area contributed by atoms with Crippen molar-refractivity contribution in [2.45, 2.75) is 13.5 Å². The van der Waals surface area contributed by atoms with Crippen LogP contribution >= 0.6 is 43.5 Å². The molecule has 3 aromatic rings. The van der Waals surface area contributed by atoms with Gasteiger partial charge in [0, 0.05) is 16.8 Å². The minimum absolute atomic E-state index is 0.396. The molecule has 0 aliphatic rings. The zero-order valence-corrected chi connectivity index (χ0v) is 18.0. The molecule has 0 unspecified atom stereocenters. The van der Waals surface area contributed by atoms with Crippen molar-refractivity contribution in [3.63, 3.8) is 0 Å². The summed E-state index contributed by atoms with van der Waals surface area (Å²) in [4.78, 5) is 4.57. The van der Waals surface area contributed by atoms with Gasteiger partial charge in [-0.2, -0.15) is 0 Å². The van der Waals surface area contributed by atoms with Gasteiger partial charge < -0.3 is 4.74 Å². The monoisotopic (exact) mass is 491 g/mol. The van der Waals surface area contributed by atoms with Crippen LogP contribution in [0.1, 0.15) is 16.7 Å². The van der Waals surface area contributed by atoms with Crippen molar-refractivity contribution < 1.29 is 4.74 Å². The number of benzene rings is 3. The molecule has 0 aromatic heterocycles. The maximum atomic E-state index is 6.19. The molecule has 3 aromatic carbocycles. The first-order chi connectivity index (χ1) is 12.5. The van der Waals surface area contributed by atoms with Gasteiger partial charge >= 0.3 is 0 Å². The van der Waals surface area contributed by atoms with Crippen LogP contribution in [0.3, 0.4) is 0 Å². The van der Waals surface area contributed by atoms with Crippen molar-refractivity contribution >= 4 is 55.4 Å². The smallest absolute Gasteiger partial charge is 0.148 e. The van der Waals surface area contributed by atoms with Crippen LogP contribution < -0.4 is 4.74 Å². The molecule has 0 saturated heterocycles. The van der Waals surface area contributed by atoms with Gasteiger partial charge in [0.15, 0.2) is 0 Å². The summed E-state index contributed by atoms with van der Waals surface area (Å²) in [6.45, 7) is 2.44. The Kier molecular flexibility index (Phi) is 6.52. The van der Waals surface area contributed by atoms with E-state index in [9.17, 15) is 0 Å². The Bertz CT molecular complexity index is 933. The van der Waals surface area contributed by atoms with Crippen LogP contribution in [-0.4, -0.2) is 6.21 Å².